The van der Waals surface area contributed by atoms with Crippen LogP contribution >= 0.6 is 11.6 Å². The van der Waals surface area contributed by atoms with Crippen LogP contribution in [0.1, 0.15) is 38.6 Å². The smallest absolute Gasteiger partial charge is 0.279 e. The summed E-state index contributed by atoms with van der Waals surface area (Å²) in [7, 11) is 0. The quantitative estimate of drug-likeness (QED) is 0.411. The van der Waals surface area contributed by atoms with Gasteiger partial charge in [0, 0.05) is 16.8 Å². The minimum Gasteiger partial charge on any atom is -0.489 e. The van der Waals surface area contributed by atoms with Crippen LogP contribution in [0.15, 0.2) is 59.1 Å². The fourth-order valence-electron chi connectivity index (χ4n) is 3.29. The Morgan fingerprint density at radius 3 is 2.72 bits per heavy atom. The normalized spacial score (nSPS) is 10.9. The van der Waals surface area contributed by atoms with E-state index in [9.17, 15) is 4.79 Å². The highest BCUT2D eigenvalue weighted by atomic mass is 35.5. The molecule has 0 fully saturated rings. The summed E-state index contributed by atoms with van der Waals surface area (Å²) < 4.78 is 12.9. The number of benzene rings is 2. The van der Waals surface area contributed by atoms with Gasteiger partial charge < -0.3 is 14.6 Å². The largest absolute Gasteiger partial charge is 0.489 e. The van der Waals surface area contributed by atoms with Crippen molar-refractivity contribution >= 4 is 23.3 Å². The zero-order valence-electron chi connectivity index (χ0n) is 18.1. The maximum absolute atomic E-state index is 12.9. The Hall–Kier alpha value is -3.58. The molecule has 0 unspecified atom stereocenters. The second-order valence-electron chi connectivity index (χ2n) is 7.55. The van der Waals surface area contributed by atoms with Crippen molar-refractivity contribution in [1.82, 2.24) is 14.9 Å². The van der Waals surface area contributed by atoms with Gasteiger partial charge in [0.05, 0.1) is 12.1 Å². The number of rotatable bonds is 7. The summed E-state index contributed by atoms with van der Waals surface area (Å²) in [5.74, 6) is 1.26. The first-order valence-corrected chi connectivity index (χ1v) is 10.5. The number of nitrogens with one attached hydrogen (secondary N) is 1. The summed E-state index contributed by atoms with van der Waals surface area (Å²) >= 11 is 6.26. The third-order valence-corrected chi connectivity index (χ3v) is 5.44. The SMILES string of the molecule is Cc1cccc(OCc2c(C(=O)Nc3cc(C)n(Cc4ccccc4Cl)n3)noc2C)c1. The van der Waals surface area contributed by atoms with Crippen LogP contribution in [0.3, 0.4) is 0 Å². The number of carbonyl (C=O) groups excluding carboxylic acids is 1. The average molecular weight is 451 g/mol. The molecule has 32 heavy (non-hydrogen) atoms. The Morgan fingerprint density at radius 2 is 1.94 bits per heavy atom. The third-order valence-electron chi connectivity index (χ3n) is 5.07. The van der Waals surface area contributed by atoms with E-state index in [4.69, 9.17) is 20.9 Å². The number of anilines is 1. The van der Waals surface area contributed by atoms with Crippen LogP contribution in [0.4, 0.5) is 5.82 Å². The molecule has 1 amide bonds. The van der Waals surface area contributed by atoms with Gasteiger partial charge in [0.1, 0.15) is 18.1 Å². The summed E-state index contributed by atoms with van der Waals surface area (Å²) in [5, 5.41) is 11.9. The first-order chi connectivity index (χ1) is 15.4. The Kier molecular flexibility index (Phi) is 6.28. The van der Waals surface area contributed by atoms with Gasteiger partial charge in [-0.2, -0.15) is 5.10 Å². The summed E-state index contributed by atoms with van der Waals surface area (Å²) in [6.07, 6.45) is 0. The lowest BCUT2D eigenvalue weighted by atomic mass is 10.2. The van der Waals surface area contributed by atoms with Crippen molar-refractivity contribution in [3.05, 3.63) is 93.5 Å². The Bertz CT molecular complexity index is 1260. The molecule has 0 aliphatic heterocycles. The number of hydrogen-bond donors (Lipinski definition) is 1. The molecule has 1 N–H and O–H groups in total. The zero-order chi connectivity index (χ0) is 22.7. The number of nitrogens with zero attached hydrogens (tertiary/aromatic N) is 3. The van der Waals surface area contributed by atoms with Gasteiger partial charge in [-0.25, -0.2) is 0 Å². The minimum atomic E-state index is -0.410. The van der Waals surface area contributed by atoms with E-state index in [1.54, 1.807) is 17.7 Å². The predicted molar refractivity (Wildman–Crippen MR) is 122 cm³/mol. The van der Waals surface area contributed by atoms with Gasteiger partial charge in [-0.1, -0.05) is 47.1 Å². The standard InChI is InChI=1S/C24H23ClN4O3/c1-15-7-6-9-19(11-15)31-14-20-17(3)32-28-23(20)24(30)26-22-12-16(2)29(27-22)13-18-8-4-5-10-21(18)25/h4-12H,13-14H2,1-3H3,(H,26,27,30). The van der Waals surface area contributed by atoms with E-state index < -0.39 is 5.91 Å². The molecular formula is C24H23ClN4O3. The van der Waals surface area contributed by atoms with Gasteiger partial charge in [0.15, 0.2) is 11.5 Å². The van der Waals surface area contributed by atoms with E-state index in [1.165, 1.54) is 0 Å². The van der Waals surface area contributed by atoms with Crippen LogP contribution in [0, 0.1) is 20.8 Å². The Morgan fingerprint density at radius 1 is 1.12 bits per heavy atom. The molecule has 0 aliphatic rings. The molecule has 0 bridgehead atoms. The predicted octanol–water partition coefficient (Wildman–Crippen LogP) is 5.33. The molecule has 4 aromatic rings. The topological polar surface area (TPSA) is 82.2 Å². The van der Waals surface area contributed by atoms with Crippen molar-refractivity contribution in [2.24, 2.45) is 0 Å². The number of amides is 1. The maximum Gasteiger partial charge on any atom is 0.279 e. The fraction of sp³-hybridized carbons (Fsp3) is 0.208. The molecule has 0 radical (unpaired) electrons. The molecule has 164 valence electrons. The molecule has 2 aromatic heterocycles. The van der Waals surface area contributed by atoms with Gasteiger partial charge in [-0.15, -0.1) is 0 Å². The number of carbonyl (C=O) groups is 1. The highest BCUT2D eigenvalue weighted by Gasteiger charge is 2.21. The highest BCUT2D eigenvalue weighted by Crippen LogP contribution is 2.21. The van der Waals surface area contributed by atoms with Crippen molar-refractivity contribution in [3.8, 4) is 5.75 Å². The van der Waals surface area contributed by atoms with Crippen molar-refractivity contribution in [3.63, 3.8) is 0 Å². The van der Waals surface area contributed by atoms with Crippen molar-refractivity contribution in [2.75, 3.05) is 5.32 Å². The van der Waals surface area contributed by atoms with E-state index in [-0.39, 0.29) is 12.3 Å². The number of aromatic nitrogens is 3. The second kappa shape index (κ2) is 9.28. The number of aryl methyl sites for hydroxylation is 3. The van der Waals surface area contributed by atoms with Crippen molar-refractivity contribution in [1.29, 1.82) is 0 Å². The maximum atomic E-state index is 12.9. The molecular weight excluding hydrogens is 428 g/mol. The summed E-state index contributed by atoms with van der Waals surface area (Å²) in [6, 6.07) is 17.1. The second-order valence-corrected chi connectivity index (χ2v) is 7.95. The van der Waals surface area contributed by atoms with Gasteiger partial charge in [-0.05, 0) is 50.1 Å². The van der Waals surface area contributed by atoms with Gasteiger partial charge in [-0.3, -0.25) is 9.48 Å². The lowest BCUT2D eigenvalue weighted by molar-refractivity contribution is 0.101. The lowest BCUT2D eigenvalue weighted by Gasteiger charge is -2.07. The minimum absolute atomic E-state index is 0.168. The summed E-state index contributed by atoms with van der Waals surface area (Å²) in [4.78, 5) is 12.9. The zero-order valence-corrected chi connectivity index (χ0v) is 18.8. The number of ether oxygens (including phenoxy) is 1. The molecule has 2 heterocycles. The molecule has 4 rings (SSSR count). The molecule has 0 aliphatic carbocycles. The van der Waals surface area contributed by atoms with Crippen LogP contribution in [0.25, 0.3) is 0 Å². The lowest BCUT2D eigenvalue weighted by Crippen LogP contribution is -2.16. The van der Waals surface area contributed by atoms with Gasteiger partial charge in [0.25, 0.3) is 5.91 Å². The monoisotopic (exact) mass is 450 g/mol. The highest BCUT2D eigenvalue weighted by molar-refractivity contribution is 6.31. The van der Waals surface area contributed by atoms with Gasteiger partial charge in [0.2, 0.25) is 0 Å². The molecule has 7 nitrogen and oxygen atoms in total. The van der Waals surface area contributed by atoms with E-state index in [0.29, 0.717) is 34.5 Å². The van der Waals surface area contributed by atoms with Crippen LogP contribution in [0.2, 0.25) is 5.02 Å². The Labute approximate surface area is 190 Å². The molecule has 0 saturated carbocycles. The molecule has 0 atom stereocenters. The van der Waals surface area contributed by atoms with Crippen LogP contribution in [-0.2, 0) is 13.2 Å². The molecule has 8 heteroatoms. The van der Waals surface area contributed by atoms with E-state index in [1.807, 2.05) is 62.4 Å². The fourth-order valence-corrected chi connectivity index (χ4v) is 3.49. The van der Waals surface area contributed by atoms with Crippen molar-refractivity contribution in [2.45, 2.75) is 33.9 Å². The van der Waals surface area contributed by atoms with Crippen LogP contribution < -0.4 is 10.1 Å². The summed E-state index contributed by atoms with van der Waals surface area (Å²) in [5.41, 5.74) is 3.69. The van der Waals surface area contributed by atoms with Crippen LogP contribution in [0.5, 0.6) is 5.75 Å². The van der Waals surface area contributed by atoms with E-state index in [0.717, 1.165) is 16.8 Å². The van der Waals surface area contributed by atoms with Gasteiger partial charge >= 0.3 is 0 Å². The average Bonchev–Trinajstić information content (AvgIpc) is 3.30. The number of hydrogen-bond acceptors (Lipinski definition) is 5. The molecule has 0 saturated heterocycles. The van der Waals surface area contributed by atoms with E-state index >= 15 is 0 Å². The van der Waals surface area contributed by atoms with Crippen LogP contribution in [-0.4, -0.2) is 20.8 Å². The first-order valence-electron chi connectivity index (χ1n) is 10.1. The molecule has 2 aromatic carbocycles. The van der Waals surface area contributed by atoms with Crippen molar-refractivity contribution < 1.29 is 14.1 Å². The van der Waals surface area contributed by atoms with E-state index in [2.05, 4.69) is 15.6 Å². The first kappa shape index (κ1) is 21.6. The number of halogens is 1. The third kappa shape index (κ3) is 4.84. The summed E-state index contributed by atoms with van der Waals surface area (Å²) in [6.45, 7) is 6.33. The molecule has 0 spiro atoms. The Balaban J connectivity index is 1.47.